The van der Waals surface area contributed by atoms with Gasteiger partial charge in [0, 0.05) is 0 Å². The second-order valence-electron chi connectivity index (χ2n) is 4.16. The Hall–Kier alpha value is -1.86. The summed E-state index contributed by atoms with van der Waals surface area (Å²) in [6, 6.07) is 10.4. The average Bonchev–Trinajstić information content (AvgIpc) is 2.72. The number of hydrogen-bond donors (Lipinski definition) is 1. The van der Waals surface area contributed by atoms with Gasteiger partial charge >= 0.3 is 0 Å². The molecule has 2 aromatic rings. The molecule has 0 radical (unpaired) electrons. The molecular weight excluding hydrogens is 298 g/mol. The van der Waals surface area contributed by atoms with E-state index in [1.165, 1.54) is 13.0 Å². The monoisotopic (exact) mass is 311 g/mol. The molecule has 0 aliphatic rings. The van der Waals surface area contributed by atoms with Crippen LogP contribution in [0.15, 0.2) is 36.4 Å². The SMILES string of the molecule is CC(=O)c1cc(NS(C)(=O)=O)c(Oc2ccccc2)s1. The van der Waals surface area contributed by atoms with Gasteiger partial charge in [0.2, 0.25) is 15.1 Å². The van der Waals surface area contributed by atoms with Crippen LogP contribution in [0, 0.1) is 0 Å². The number of sulfonamides is 1. The summed E-state index contributed by atoms with van der Waals surface area (Å²) in [6.45, 7) is 1.42. The highest BCUT2D eigenvalue weighted by molar-refractivity contribution is 7.92. The summed E-state index contributed by atoms with van der Waals surface area (Å²) in [5.74, 6) is 0.426. The predicted molar refractivity (Wildman–Crippen MR) is 79.3 cm³/mol. The molecule has 2 rings (SSSR count). The smallest absolute Gasteiger partial charge is 0.229 e. The Labute approximate surface area is 121 Å². The molecule has 0 unspecified atom stereocenters. The van der Waals surface area contributed by atoms with Crippen LogP contribution in [0.4, 0.5) is 5.69 Å². The summed E-state index contributed by atoms with van der Waals surface area (Å²) in [5.41, 5.74) is 0.270. The fourth-order valence-electron chi connectivity index (χ4n) is 1.49. The zero-order chi connectivity index (χ0) is 14.8. The highest BCUT2D eigenvalue weighted by Gasteiger charge is 2.16. The molecule has 0 spiro atoms. The largest absolute Gasteiger partial charge is 0.444 e. The Bertz CT molecular complexity index is 720. The van der Waals surface area contributed by atoms with Crippen molar-refractivity contribution < 1.29 is 17.9 Å². The minimum Gasteiger partial charge on any atom is -0.444 e. The molecule has 1 heterocycles. The van der Waals surface area contributed by atoms with E-state index >= 15 is 0 Å². The Morgan fingerprint density at radius 2 is 1.90 bits per heavy atom. The Balaban J connectivity index is 2.37. The van der Waals surface area contributed by atoms with Crippen molar-refractivity contribution in [2.75, 3.05) is 11.0 Å². The third kappa shape index (κ3) is 3.82. The molecule has 0 saturated heterocycles. The lowest BCUT2D eigenvalue weighted by molar-refractivity contribution is 0.102. The third-order valence-corrected chi connectivity index (χ3v) is 4.00. The molecule has 0 bridgehead atoms. The van der Waals surface area contributed by atoms with Gasteiger partial charge in [-0.15, -0.1) is 0 Å². The molecule has 7 heteroatoms. The van der Waals surface area contributed by atoms with Gasteiger partial charge in [-0.25, -0.2) is 8.42 Å². The predicted octanol–water partition coefficient (Wildman–Crippen LogP) is 3.11. The molecular formula is C13H13NO4S2. The lowest BCUT2D eigenvalue weighted by Crippen LogP contribution is -2.09. The second kappa shape index (κ2) is 5.64. The molecule has 106 valence electrons. The van der Waals surface area contributed by atoms with Crippen LogP contribution < -0.4 is 9.46 Å². The Morgan fingerprint density at radius 3 is 2.45 bits per heavy atom. The molecule has 0 atom stereocenters. The Morgan fingerprint density at radius 1 is 1.25 bits per heavy atom. The van der Waals surface area contributed by atoms with Crippen LogP contribution in [0.5, 0.6) is 10.8 Å². The van der Waals surface area contributed by atoms with Crippen LogP contribution in [-0.2, 0) is 10.0 Å². The molecule has 1 aromatic carbocycles. The van der Waals surface area contributed by atoms with Gasteiger partial charge in [0.1, 0.15) is 11.4 Å². The standard InChI is InChI=1S/C13H13NO4S2/c1-9(15)12-8-11(14-20(2,16)17)13(19-12)18-10-6-4-3-5-7-10/h3-8,14H,1-2H3. The number of Topliss-reactive ketones (excluding diaryl/α,β-unsaturated/α-hetero) is 1. The number of carbonyl (C=O) groups excluding carboxylic acids is 1. The number of nitrogens with one attached hydrogen (secondary N) is 1. The summed E-state index contributed by atoms with van der Waals surface area (Å²) < 4.78 is 30.7. The number of thiophene rings is 1. The highest BCUT2D eigenvalue weighted by atomic mass is 32.2. The van der Waals surface area contributed by atoms with E-state index in [4.69, 9.17) is 4.74 Å². The van der Waals surface area contributed by atoms with Gasteiger partial charge in [-0.3, -0.25) is 9.52 Å². The van der Waals surface area contributed by atoms with E-state index in [-0.39, 0.29) is 11.5 Å². The van der Waals surface area contributed by atoms with E-state index in [2.05, 4.69) is 4.72 Å². The first kappa shape index (κ1) is 14.5. The van der Waals surface area contributed by atoms with Crippen LogP contribution in [0.2, 0.25) is 0 Å². The number of para-hydroxylation sites is 1. The molecule has 20 heavy (non-hydrogen) atoms. The summed E-state index contributed by atoms with van der Waals surface area (Å²) in [7, 11) is -3.44. The summed E-state index contributed by atoms with van der Waals surface area (Å²) in [5, 5.41) is 0.340. The molecule has 1 aromatic heterocycles. The van der Waals surface area contributed by atoms with Gasteiger partial charge in [-0.1, -0.05) is 29.5 Å². The maximum atomic E-state index is 11.4. The quantitative estimate of drug-likeness (QED) is 0.861. The van der Waals surface area contributed by atoms with Crippen LogP contribution in [0.3, 0.4) is 0 Å². The minimum absolute atomic E-state index is 0.144. The lowest BCUT2D eigenvalue weighted by Gasteiger charge is -2.06. The number of anilines is 1. The van der Waals surface area contributed by atoms with Crippen LogP contribution in [-0.4, -0.2) is 20.5 Å². The molecule has 0 fully saturated rings. The normalized spacial score (nSPS) is 11.1. The highest BCUT2D eigenvalue weighted by Crippen LogP contribution is 2.39. The number of carbonyl (C=O) groups is 1. The van der Waals surface area contributed by atoms with Crippen molar-refractivity contribution in [2.24, 2.45) is 0 Å². The van der Waals surface area contributed by atoms with Gasteiger partial charge < -0.3 is 4.74 Å². The van der Waals surface area contributed by atoms with E-state index in [0.29, 0.717) is 15.7 Å². The number of ether oxygens (including phenoxy) is 1. The number of ketones is 1. The van der Waals surface area contributed by atoms with Crippen molar-refractivity contribution in [3.8, 4) is 10.8 Å². The summed E-state index contributed by atoms with van der Waals surface area (Å²) in [6.07, 6.45) is 1.05. The topological polar surface area (TPSA) is 72.5 Å². The number of hydrogen-bond acceptors (Lipinski definition) is 5. The average molecular weight is 311 g/mol. The number of benzene rings is 1. The van der Waals surface area contributed by atoms with Crippen molar-refractivity contribution in [3.05, 3.63) is 41.3 Å². The zero-order valence-electron chi connectivity index (χ0n) is 10.9. The van der Waals surface area contributed by atoms with E-state index in [1.54, 1.807) is 24.3 Å². The van der Waals surface area contributed by atoms with Crippen molar-refractivity contribution in [2.45, 2.75) is 6.92 Å². The van der Waals surface area contributed by atoms with E-state index in [9.17, 15) is 13.2 Å². The fraction of sp³-hybridized carbons (Fsp3) is 0.154. The fourth-order valence-corrected chi connectivity index (χ4v) is 2.98. The van der Waals surface area contributed by atoms with Crippen molar-refractivity contribution in [1.82, 2.24) is 0 Å². The first-order valence-corrected chi connectivity index (χ1v) is 8.41. The molecule has 1 N–H and O–H groups in total. The third-order valence-electron chi connectivity index (χ3n) is 2.29. The van der Waals surface area contributed by atoms with Gasteiger partial charge in [-0.2, -0.15) is 0 Å². The van der Waals surface area contributed by atoms with Crippen molar-refractivity contribution in [1.29, 1.82) is 0 Å². The van der Waals surface area contributed by atoms with Crippen LogP contribution in [0.25, 0.3) is 0 Å². The van der Waals surface area contributed by atoms with E-state index < -0.39 is 10.0 Å². The van der Waals surface area contributed by atoms with Gasteiger partial charge in [0.05, 0.1) is 11.1 Å². The summed E-state index contributed by atoms with van der Waals surface area (Å²) in [4.78, 5) is 11.8. The molecule has 0 aliphatic heterocycles. The van der Waals surface area contributed by atoms with Crippen LogP contribution in [0.1, 0.15) is 16.6 Å². The van der Waals surface area contributed by atoms with Crippen molar-refractivity contribution >= 4 is 32.8 Å². The molecule has 0 saturated carbocycles. The van der Waals surface area contributed by atoms with Crippen molar-refractivity contribution in [3.63, 3.8) is 0 Å². The second-order valence-corrected chi connectivity index (χ2v) is 6.92. The molecule has 0 amide bonds. The first-order chi connectivity index (χ1) is 9.35. The Kier molecular flexibility index (Phi) is 4.10. The maximum absolute atomic E-state index is 11.4. The first-order valence-electron chi connectivity index (χ1n) is 5.70. The minimum atomic E-state index is -3.44. The van der Waals surface area contributed by atoms with E-state index in [1.807, 2.05) is 6.07 Å². The molecule has 5 nitrogen and oxygen atoms in total. The van der Waals surface area contributed by atoms with Gasteiger partial charge in [-0.05, 0) is 25.1 Å². The lowest BCUT2D eigenvalue weighted by atomic mass is 10.3. The maximum Gasteiger partial charge on any atom is 0.229 e. The van der Waals surface area contributed by atoms with Gasteiger partial charge in [0.25, 0.3) is 0 Å². The summed E-state index contributed by atoms with van der Waals surface area (Å²) >= 11 is 1.10. The zero-order valence-corrected chi connectivity index (χ0v) is 12.5. The van der Waals surface area contributed by atoms with E-state index in [0.717, 1.165) is 17.6 Å². The van der Waals surface area contributed by atoms with Crippen LogP contribution >= 0.6 is 11.3 Å². The van der Waals surface area contributed by atoms with Gasteiger partial charge in [0.15, 0.2) is 5.78 Å². The molecule has 0 aliphatic carbocycles. The number of rotatable bonds is 5.